The van der Waals surface area contributed by atoms with Gasteiger partial charge in [-0.05, 0) is 12.1 Å². The van der Waals surface area contributed by atoms with Crippen LogP contribution in [0.25, 0.3) is 0 Å². The van der Waals surface area contributed by atoms with Gasteiger partial charge in [0.05, 0.1) is 11.4 Å². The van der Waals surface area contributed by atoms with E-state index in [2.05, 4.69) is 11.6 Å². The molecule has 4 N–H and O–H groups in total. The fourth-order valence-corrected chi connectivity index (χ4v) is 0.829. The molecule has 58 valence electrons. The van der Waals surface area contributed by atoms with E-state index in [1.807, 2.05) is 0 Å². The minimum atomic E-state index is 0.496. The third-order valence-corrected chi connectivity index (χ3v) is 1.37. The molecule has 0 fully saturated rings. The van der Waals surface area contributed by atoms with Crippen molar-refractivity contribution in [3.63, 3.8) is 0 Å². The second-order valence-electron chi connectivity index (χ2n) is 2.26. The maximum atomic E-state index is 5.61. The lowest BCUT2D eigenvalue weighted by atomic mass is 10.2. The zero-order valence-electron chi connectivity index (χ0n) is 6.25. The molecule has 3 heteroatoms. The molecule has 0 amide bonds. The Morgan fingerprint density at radius 3 is 2.82 bits per heavy atom. The molecule has 0 atom stereocenters. The summed E-state index contributed by atoms with van der Waals surface area (Å²) < 4.78 is 0. The van der Waals surface area contributed by atoms with E-state index in [0.717, 1.165) is 5.69 Å². The normalized spacial score (nSPS) is 9.45. The molecule has 0 spiro atoms. The first-order chi connectivity index (χ1) is 5.24. The lowest BCUT2D eigenvalue weighted by molar-refractivity contribution is 1.13. The molecular formula is C8H11N3. The first kappa shape index (κ1) is 7.60. The Hall–Kier alpha value is -1.51. The molecule has 0 saturated heterocycles. The lowest BCUT2D eigenvalue weighted by Crippen LogP contribution is -1.99. The van der Waals surface area contributed by atoms with Crippen molar-refractivity contribution >= 4 is 11.5 Å². The van der Waals surface area contributed by atoms with Gasteiger partial charge in [-0.25, -0.2) is 4.98 Å². The van der Waals surface area contributed by atoms with Crippen molar-refractivity contribution in [3.8, 4) is 0 Å². The maximum Gasteiger partial charge on any atom is 0.123 e. The summed E-state index contributed by atoms with van der Waals surface area (Å²) in [6, 6.07) is 3.43. The zero-order chi connectivity index (χ0) is 8.27. The van der Waals surface area contributed by atoms with Crippen molar-refractivity contribution in [2.45, 2.75) is 6.42 Å². The summed E-state index contributed by atoms with van der Waals surface area (Å²) in [7, 11) is 0. The molecule has 0 aliphatic carbocycles. The van der Waals surface area contributed by atoms with E-state index >= 15 is 0 Å². The Balaban J connectivity index is 3.01. The molecule has 0 unspecified atom stereocenters. The second-order valence-corrected chi connectivity index (χ2v) is 2.26. The van der Waals surface area contributed by atoms with Gasteiger partial charge in [0, 0.05) is 6.42 Å². The van der Waals surface area contributed by atoms with Gasteiger partial charge in [0.25, 0.3) is 0 Å². The number of nitrogens with zero attached hydrogens (tertiary/aromatic N) is 1. The van der Waals surface area contributed by atoms with Gasteiger partial charge in [-0.15, -0.1) is 6.58 Å². The highest BCUT2D eigenvalue weighted by Crippen LogP contribution is 2.11. The topological polar surface area (TPSA) is 64.9 Å². The first-order valence-electron chi connectivity index (χ1n) is 3.36. The Kier molecular flexibility index (Phi) is 2.11. The molecular weight excluding hydrogens is 138 g/mol. The minimum absolute atomic E-state index is 0.496. The highest BCUT2D eigenvalue weighted by Gasteiger charge is 1.97. The number of nitrogen functional groups attached to an aromatic ring is 2. The molecule has 0 aromatic carbocycles. The Labute approximate surface area is 65.7 Å². The molecule has 1 heterocycles. The van der Waals surface area contributed by atoms with Crippen LogP contribution in [-0.4, -0.2) is 4.98 Å². The summed E-state index contributed by atoms with van der Waals surface area (Å²) in [5.41, 5.74) is 12.5. The maximum absolute atomic E-state index is 5.61. The summed E-state index contributed by atoms with van der Waals surface area (Å²) in [5.74, 6) is 0.496. The van der Waals surface area contributed by atoms with Crippen molar-refractivity contribution in [1.29, 1.82) is 0 Å². The van der Waals surface area contributed by atoms with E-state index in [1.165, 1.54) is 0 Å². The fraction of sp³-hybridized carbons (Fsp3) is 0.125. The van der Waals surface area contributed by atoms with Crippen LogP contribution in [0.5, 0.6) is 0 Å². The highest BCUT2D eigenvalue weighted by atomic mass is 14.9. The SMILES string of the molecule is C=CCc1nc(N)ccc1N. The van der Waals surface area contributed by atoms with Gasteiger partial charge in [-0.2, -0.15) is 0 Å². The lowest BCUT2D eigenvalue weighted by Gasteiger charge is -2.01. The summed E-state index contributed by atoms with van der Waals surface area (Å²) in [6.45, 7) is 3.59. The number of allylic oxidation sites excluding steroid dienone is 1. The van der Waals surface area contributed by atoms with E-state index in [4.69, 9.17) is 11.5 Å². The van der Waals surface area contributed by atoms with Gasteiger partial charge < -0.3 is 11.5 Å². The predicted molar refractivity (Wildman–Crippen MR) is 47.0 cm³/mol. The molecule has 0 saturated carbocycles. The number of hydrogen-bond acceptors (Lipinski definition) is 3. The quantitative estimate of drug-likeness (QED) is 0.616. The van der Waals surface area contributed by atoms with Gasteiger partial charge in [0.15, 0.2) is 0 Å². The van der Waals surface area contributed by atoms with Crippen molar-refractivity contribution in [3.05, 3.63) is 30.5 Å². The van der Waals surface area contributed by atoms with E-state index < -0.39 is 0 Å². The Morgan fingerprint density at radius 1 is 1.45 bits per heavy atom. The van der Waals surface area contributed by atoms with E-state index in [1.54, 1.807) is 18.2 Å². The average Bonchev–Trinajstić information content (AvgIpc) is 1.98. The van der Waals surface area contributed by atoms with Crippen LogP contribution in [0.1, 0.15) is 5.69 Å². The summed E-state index contributed by atoms with van der Waals surface area (Å²) in [5, 5.41) is 0. The molecule has 1 aromatic heterocycles. The van der Waals surface area contributed by atoms with Crippen LogP contribution in [0.2, 0.25) is 0 Å². The zero-order valence-corrected chi connectivity index (χ0v) is 6.25. The summed E-state index contributed by atoms with van der Waals surface area (Å²) >= 11 is 0. The third kappa shape index (κ3) is 1.70. The van der Waals surface area contributed by atoms with Crippen LogP contribution in [0.15, 0.2) is 24.8 Å². The largest absolute Gasteiger partial charge is 0.397 e. The number of hydrogen-bond donors (Lipinski definition) is 2. The second kappa shape index (κ2) is 3.05. The van der Waals surface area contributed by atoms with Gasteiger partial charge in [0.1, 0.15) is 5.82 Å². The van der Waals surface area contributed by atoms with Gasteiger partial charge in [-0.3, -0.25) is 0 Å². The molecule has 11 heavy (non-hydrogen) atoms. The molecule has 3 nitrogen and oxygen atoms in total. The number of rotatable bonds is 2. The smallest absolute Gasteiger partial charge is 0.123 e. The van der Waals surface area contributed by atoms with Crippen LogP contribution >= 0.6 is 0 Å². The summed E-state index contributed by atoms with van der Waals surface area (Å²) in [4.78, 5) is 4.04. The first-order valence-corrected chi connectivity index (χ1v) is 3.36. The molecule has 0 radical (unpaired) electrons. The van der Waals surface area contributed by atoms with Crippen molar-refractivity contribution < 1.29 is 0 Å². The van der Waals surface area contributed by atoms with E-state index in [9.17, 15) is 0 Å². The van der Waals surface area contributed by atoms with Gasteiger partial charge in [0.2, 0.25) is 0 Å². The van der Waals surface area contributed by atoms with Crippen LogP contribution < -0.4 is 11.5 Å². The molecule has 1 aromatic rings. The monoisotopic (exact) mass is 149 g/mol. The third-order valence-electron chi connectivity index (χ3n) is 1.37. The highest BCUT2D eigenvalue weighted by molar-refractivity contribution is 5.48. The van der Waals surface area contributed by atoms with Crippen molar-refractivity contribution in [2.24, 2.45) is 0 Å². The van der Waals surface area contributed by atoms with Crippen molar-refractivity contribution in [2.75, 3.05) is 11.5 Å². The number of nitrogens with two attached hydrogens (primary N) is 2. The molecule has 0 aliphatic heterocycles. The van der Waals surface area contributed by atoms with Crippen LogP contribution in [-0.2, 0) is 6.42 Å². The summed E-state index contributed by atoms with van der Waals surface area (Å²) in [6.07, 6.45) is 2.41. The standard InChI is InChI=1S/C8H11N3/c1-2-3-7-6(9)4-5-8(10)11-7/h2,4-5H,1,3,9H2,(H2,10,11). The minimum Gasteiger partial charge on any atom is -0.397 e. The molecule has 0 aliphatic rings. The van der Waals surface area contributed by atoms with E-state index in [0.29, 0.717) is 17.9 Å². The van der Waals surface area contributed by atoms with Gasteiger partial charge in [-0.1, -0.05) is 6.08 Å². The number of anilines is 2. The van der Waals surface area contributed by atoms with Crippen LogP contribution in [0.4, 0.5) is 11.5 Å². The van der Waals surface area contributed by atoms with Crippen LogP contribution in [0, 0.1) is 0 Å². The van der Waals surface area contributed by atoms with Gasteiger partial charge >= 0.3 is 0 Å². The number of aromatic nitrogens is 1. The molecule has 1 rings (SSSR count). The predicted octanol–water partition coefficient (Wildman–Crippen LogP) is 0.975. The number of pyridine rings is 1. The molecule has 0 bridgehead atoms. The van der Waals surface area contributed by atoms with Crippen molar-refractivity contribution in [1.82, 2.24) is 4.98 Å². The van der Waals surface area contributed by atoms with Crippen LogP contribution in [0.3, 0.4) is 0 Å². The van der Waals surface area contributed by atoms with E-state index in [-0.39, 0.29) is 0 Å². The average molecular weight is 149 g/mol. The Bertz CT molecular complexity index is 268. The Morgan fingerprint density at radius 2 is 2.18 bits per heavy atom. The fourth-order valence-electron chi connectivity index (χ4n) is 0.829.